The highest BCUT2D eigenvalue weighted by Gasteiger charge is 2.39. The summed E-state index contributed by atoms with van der Waals surface area (Å²) in [6, 6.07) is 11.2. The number of amides is 2. The van der Waals surface area contributed by atoms with Gasteiger partial charge in [-0.15, -0.1) is 11.8 Å². The van der Waals surface area contributed by atoms with Crippen LogP contribution in [-0.2, 0) is 16.0 Å². The van der Waals surface area contributed by atoms with Crippen LogP contribution in [0.1, 0.15) is 25.0 Å². The number of rotatable bonds is 8. The molecule has 0 bridgehead atoms. The quantitative estimate of drug-likeness (QED) is 0.586. The number of benzene rings is 2. The Labute approximate surface area is 179 Å². The maximum absolute atomic E-state index is 13.2. The second-order valence-electron chi connectivity index (χ2n) is 7.08. The number of carbonyl (C=O) groups is 2. The monoisotopic (exact) mass is 429 g/mol. The number of ether oxygens (including phenoxy) is 2. The number of nitrogens with zero attached hydrogens (tertiary/aromatic N) is 1. The van der Waals surface area contributed by atoms with Crippen molar-refractivity contribution in [3.8, 4) is 11.5 Å². The van der Waals surface area contributed by atoms with Crippen LogP contribution in [0.2, 0.25) is 0 Å². The van der Waals surface area contributed by atoms with E-state index < -0.39 is 0 Å². The minimum atomic E-state index is -0.336. The molecule has 1 heterocycles. The molecule has 0 aromatic heterocycles. The fourth-order valence-electron chi connectivity index (χ4n) is 3.24. The minimum Gasteiger partial charge on any atom is -0.493 e. The molecule has 0 radical (unpaired) electrons. The minimum absolute atomic E-state index is 0.129. The van der Waals surface area contributed by atoms with Crippen LogP contribution < -0.4 is 9.47 Å². The average molecular weight is 430 g/mol. The lowest BCUT2D eigenvalue weighted by molar-refractivity contribution is -0.136. The zero-order valence-corrected chi connectivity index (χ0v) is 18.2. The second-order valence-corrected chi connectivity index (χ2v) is 8.67. The van der Waals surface area contributed by atoms with Crippen molar-refractivity contribution in [1.82, 2.24) is 4.90 Å². The van der Waals surface area contributed by atoms with E-state index in [0.717, 1.165) is 5.56 Å². The molecule has 2 amide bonds. The van der Waals surface area contributed by atoms with Gasteiger partial charge in [0.05, 0.1) is 24.7 Å². The van der Waals surface area contributed by atoms with E-state index in [1.807, 2.05) is 13.8 Å². The van der Waals surface area contributed by atoms with Gasteiger partial charge in [-0.2, -0.15) is 0 Å². The molecule has 1 aliphatic rings. The molecule has 2 aromatic rings. The van der Waals surface area contributed by atoms with Gasteiger partial charge in [-0.05, 0) is 41.8 Å². The van der Waals surface area contributed by atoms with Crippen molar-refractivity contribution >= 4 is 29.1 Å². The van der Waals surface area contributed by atoms with Gasteiger partial charge in [0.2, 0.25) is 0 Å². The van der Waals surface area contributed by atoms with E-state index in [1.54, 1.807) is 30.3 Å². The first-order chi connectivity index (χ1) is 14.3. The molecule has 2 aromatic carbocycles. The van der Waals surface area contributed by atoms with E-state index in [2.05, 4.69) is 0 Å². The van der Waals surface area contributed by atoms with E-state index in [-0.39, 0.29) is 29.4 Å². The van der Waals surface area contributed by atoms with Gasteiger partial charge in [-0.3, -0.25) is 14.5 Å². The van der Waals surface area contributed by atoms with Gasteiger partial charge < -0.3 is 9.47 Å². The molecule has 7 heteroatoms. The van der Waals surface area contributed by atoms with Gasteiger partial charge in [0.1, 0.15) is 5.82 Å². The molecule has 0 unspecified atom stereocenters. The van der Waals surface area contributed by atoms with E-state index in [0.29, 0.717) is 34.0 Å². The summed E-state index contributed by atoms with van der Waals surface area (Å²) in [5, 5.41) is 0.129. The number of hydrogen-bond donors (Lipinski definition) is 0. The van der Waals surface area contributed by atoms with E-state index in [4.69, 9.17) is 9.47 Å². The summed E-state index contributed by atoms with van der Waals surface area (Å²) in [6.07, 6.45) is 0.455. The van der Waals surface area contributed by atoms with E-state index in [9.17, 15) is 14.0 Å². The number of methoxy groups -OCH3 is 2. The van der Waals surface area contributed by atoms with Crippen molar-refractivity contribution in [2.24, 2.45) is 0 Å². The lowest BCUT2D eigenvalue weighted by Crippen LogP contribution is -2.33. The largest absolute Gasteiger partial charge is 0.493 e. The van der Waals surface area contributed by atoms with Gasteiger partial charge in [-0.1, -0.05) is 32.0 Å². The standard InChI is InChI=1S/C23H24FNO4S/c1-14(2)30-21-20(16-7-10-18(28-3)19(13-16)29-4)22(26)25(23(21)27)12-11-15-5-8-17(24)9-6-15/h5-10,13-14H,11-12H2,1-4H3. The van der Waals surface area contributed by atoms with Crippen LogP contribution in [0, 0.1) is 5.82 Å². The fourth-order valence-corrected chi connectivity index (χ4v) is 4.25. The van der Waals surface area contributed by atoms with Gasteiger partial charge in [0.15, 0.2) is 11.5 Å². The molecule has 0 aliphatic carbocycles. The average Bonchev–Trinajstić information content (AvgIpc) is 2.96. The van der Waals surface area contributed by atoms with Gasteiger partial charge in [0.25, 0.3) is 11.8 Å². The fraction of sp³-hybridized carbons (Fsp3) is 0.304. The zero-order chi connectivity index (χ0) is 21.8. The maximum atomic E-state index is 13.2. The van der Waals surface area contributed by atoms with Crippen LogP contribution in [0.4, 0.5) is 4.39 Å². The Kier molecular flexibility index (Phi) is 6.82. The third-order valence-corrected chi connectivity index (χ3v) is 5.77. The summed E-state index contributed by atoms with van der Waals surface area (Å²) < 4.78 is 23.8. The predicted octanol–water partition coefficient (Wildman–Crippen LogP) is 4.31. The lowest BCUT2D eigenvalue weighted by atomic mass is 10.1. The van der Waals surface area contributed by atoms with Crippen molar-refractivity contribution in [3.63, 3.8) is 0 Å². The topological polar surface area (TPSA) is 55.8 Å². The first-order valence-corrected chi connectivity index (χ1v) is 10.5. The van der Waals surface area contributed by atoms with Crippen LogP contribution in [0.5, 0.6) is 11.5 Å². The Hall–Kier alpha value is -2.80. The molecule has 158 valence electrons. The highest BCUT2D eigenvalue weighted by Crippen LogP contribution is 2.40. The Morgan fingerprint density at radius 2 is 1.63 bits per heavy atom. The molecule has 1 aliphatic heterocycles. The number of thioether (sulfide) groups is 1. The maximum Gasteiger partial charge on any atom is 0.268 e. The van der Waals surface area contributed by atoms with Crippen LogP contribution >= 0.6 is 11.8 Å². The summed E-state index contributed by atoms with van der Waals surface area (Å²) in [5.41, 5.74) is 1.84. The molecule has 0 atom stereocenters. The number of carbonyl (C=O) groups excluding carboxylic acids is 2. The SMILES string of the molecule is COc1ccc(C2=C(SC(C)C)C(=O)N(CCc3ccc(F)cc3)C2=O)cc1OC. The van der Waals surface area contributed by atoms with Crippen LogP contribution in [0.3, 0.4) is 0 Å². The summed E-state index contributed by atoms with van der Waals surface area (Å²) in [7, 11) is 3.06. The Bertz CT molecular complexity index is 985. The van der Waals surface area contributed by atoms with E-state index in [1.165, 1.54) is 43.0 Å². The molecule has 30 heavy (non-hydrogen) atoms. The number of hydrogen-bond acceptors (Lipinski definition) is 5. The smallest absolute Gasteiger partial charge is 0.268 e. The van der Waals surface area contributed by atoms with Crippen molar-refractivity contribution in [3.05, 3.63) is 64.3 Å². The number of halogens is 1. The summed E-state index contributed by atoms with van der Waals surface area (Å²) in [4.78, 5) is 28.0. The predicted molar refractivity (Wildman–Crippen MR) is 116 cm³/mol. The second kappa shape index (κ2) is 9.34. The molecule has 3 rings (SSSR count). The van der Waals surface area contributed by atoms with Crippen molar-refractivity contribution < 1.29 is 23.5 Å². The molecule has 0 saturated carbocycles. The Balaban J connectivity index is 1.92. The van der Waals surface area contributed by atoms with Crippen molar-refractivity contribution in [2.75, 3.05) is 20.8 Å². The first kappa shape index (κ1) is 21.9. The number of imide groups is 1. The first-order valence-electron chi connectivity index (χ1n) is 9.59. The van der Waals surface area contributed by atoms with Gasteiger partial charge in [-0.25, -0.2) is 4.39 Å². The normalized spacial score (nSPS) is 14.1. The molecule has 5 nitrogen and oxygen atoms in total. The van der Waals surface area contributed by atoms with Gasteiger partial charge in [0, 0.05) is 11.8 Å². The highest BCUT2D eigenvalue weighted by molar-refractivity contribution is 8.04. The zero-order valence-electron chi connectivity index (χ0n) is 17.4. The van der Waals surface area contributed by atoms with Crippen molar-refractivity contribution in [1.29, 1.82) is 0 Å². The Morgan fingerprint density at radius 1 is 0.967 bits per heavy atom. The van der Waals surface area contributed by atoms with E-state index >= 15 is 0 Å². The molecule has 0 spiro atoms. The lowest BCUT2D eigenvalue weighted by Gasteiger charge is -2.15. The summed E-state index contributed by atoms with van der Waals surface area (Å²) in [6.45, 7) is 4.17. The van der Waals surface area contributed by atoms with Crippen LogP contribution in [-0.4, -0.2) is 42.7 Å². The molecular weight excluding hydrogens is 405 g/mol. The molecule has 0 N–H and O–H groups in total. The van der Waals surface area contributed by atoms with Crippen molar-refractivity contribution in [2.45, 2.75) is 25.5 Å². The highest BCUT2D eigenvalue weighted by atomic mass is 32.2. The van der Waals surface area contributed by atoms with Gasteiger partial charge >= 0.3 is 0 Å². The third kappa shape index (κ3) is 4.51. The summed E-state index contributed by atoms with van der Waals surface area (Å²) >= 11 is 1.37. The summed E-state index contributed by atoms with van der Waals surface area (Å²) in [5.74, 6) is 0.0782. The third-order valence-electron chi connectivity index (χ3n) is 4.69. The van der Waals surface area contributed by atoms with Crippen LogP contribution in [0.15, 0.2) is 47.4 Å². The molecule has 0 fully saturated rings. The molecular formula is C23H24FNO4S. The molecule has 0 saturated heterocycles. The Morgan fingerprint density at radius 3 is 2.23 bits per heavy atom. The van der Waals surface area contributed by atoms with Crippen LogP contribution in [0.25, 0.3) is 5.57 Å².